The highest BCUT2D eigenvalue weighted by Gasteiger charge is 2.56. The van der Waals surface area contributed by atoms with Gasteiger partial charge in [-0.1, -0.05) is 29.8 Å². The van der Waals surface area contributed by atoms with Crippen molar-refractivity contribution in [3.8, 4) is 0 Å². The van der Waals surface area contributed by atoms with Crippen LogP contribution in [0.15, 0.2) is 22.7 Å². The molecule has 2 rings (SSSR count). The van der Waals surface area contributed by atoms with E-state index in [0.717, 1.165) is 10.0 Å². The highest BCUT2D eigenvalue weighted by atomic mass is 79.9. The first-order valence-corrected chi connectivity index (χ1v) is 5.84. The predicted octanol–water partition coefficient (Wildman–Crippen LogP) is 2.81. The van der Waals surface area contributed by atoms with E-state index in [-0.39, 0.29) is 28.0 Å². The smallest absolute Gasteiger partial charge is 0.270 e. The highest BCUT2D eigenvalue weighted by Crippen LogP contribution is 2.57. The van der Waals surface area contributed by atoms with Crippen LogP contribution in [-0.2, 0) is 0 Å². The standard InChI is InChI=1S/C11H13BrN2O2/c1-11(2)9(10(11)13)6-3-7(12)5-8(4-6)14(15)16/h3-5,9-10H,13H2,1-2H3/t9-,10-/m0/s1. The van der Waals surface area contributed by atoms with Crippen LogP contribution >= 0.6 is 15.9 Å². The molecule has 4 nitrogen and oxygen atoms in total. The summed E-state index contributed by atoms with van der Waals surface area (Å²) in [6, 6.07) is 5.11. The Kier molecular flexibility index (Phi) is 2.55. The summed E-state index contributed by atoms with van der Waals surface area (Å²) in [6.07, 6.45) is 0. The Morgan fingerprint density at radius 3 is 2.44 bits per heavy atom. The summed E-state index contributed by atoms with van der Waals surface area (Å²) in [5, 5.41) is 10.7. The van der Waals surface area contributed by atoms with E-state index < -0.39 is 0 Å². The fourth-order valence-electron chi connectivity index (χ4n) is 2.20. The first-order valence-electron chi connectivity index (χ1n) is 5.04. The van der Waals surface area contributed by atoms with Crippen molar-refractivity contribution in [3.05, 3.63) is 38.3 Å². The summed E-state index contributed by atoms with van der Waals surface area (Å²) in [4.78, 5) is 10.4. The molecule has 2 atom stereocenters. The van der Waals surface area contributed by atoms with Gasteiger partial charge in [0.15, 0.2) is 0 Å². The molecule has 0 radical (unpaired) electrons. The second-order valence-corrected chi connectivity index (χ2v) is 5.74. The van der Waals surface area contributed by atoms with E-state index in [0.29, 0.717) is 0 Å². The molecule has 1 aliphatic carbocycles. The molecule has 1 aromatic carbocycles. The Morgan fingerprint density at radius 1 is 1.44 bits per heavy atom. The molecule has 16 heavy (non-hydrogen) atoms. The monoisotopic (exact) mass is 284 g/mol. The van der Waals surface area contributed by atoms with Crippen LogP contribution in [0, 0.1) is 15.5 Å². The number of nitrogens with zero attached hydrogens (tertiary/aromatic N) is 1. The van der Waals surface area contributed by atoms with E-state index in [4.69, 9.17) is 5.73 Å². The van der Waals surface area contributed by atoms with E-state index in [1.807, 2.05) is 6.07 Å². The number of non-ortho nitro benzene ring substituents is 1. The lowest BCUT2D eigenvalue weighted by Gasteiger charge is -2.03. The van der Waals surface area contributed by atoms with E-state index in [2.05, 4.69) is 29.8 Å². The predicted molar refractivity (Wildman–Crippen MR) is 65.3 cm³/mol. The lowest BCUT2D eigenvalue weighted by atomic mass is 10.0. The molecule has 1 aromatic rings. The molecule has 0 bridgehead atoms. The van der Waals surface area contributed by atoms with Crippen molar-refractivity contribution in [2.45, 2.75) is 25.8 Å². The van der Waals surface area contributed by atoms with Gasteiger partial charge in [0.1, 0.15) is 0 Å². The molecule has 1 aliphatic rings. The summed E-state index contributed by atoms with van der Waals surface area (Å²) in [5.41, 5.74) is 7.06. The zero-order chi connectivity index (χ0) is 12.1. The van der Waals surface area contributed by atoms with Gasteiger partial charge < -0.3 is 5.73 Å². The molecule has 0 unspecified atom stereocenters. The van der Waals surface area contributed by atoms with E-state index in [1.54, 1.807) is 6.07 Å². The molecule has 2 N–H and O–H groups in total. The molecule has 0 spiro atoms. The number of nitro groups is 1. The minimum absolute atomic E-state index is 0.0364. The first kappa shape index (κ1) is 11.5. The van der Waals surface area contributed by atoms with Gasteiger partial charge in [0, 0.05) is 28.6 Å². The van der Waals surface area contributed by atoms with Crippen molar-refractivity contribution in [3.63, 3.8) is 0 Å². The first-order chi connectivity index (χ1) is 7.34. The van der Waals surface area contributed by atoms with Crippen molar-refractivity contribution in [2.24, 2.45) is 11.1 Å². The van der Waals surface area contributed by atoms with Crippen LogP contribution in [0.2, 0.25) is 0 Å². The molecule has 0 heterocycles. The minimum Gasteiger partial charge on any atom is -0.327 e. The average molecular weight is 285 g/mol. The quantitative estimate of drug-likeness (QED) is 0.671. The number of benzene rings is 1. The Balaban J connectivity index is 2.40. The molecule has 0 aliphatic heterocycles. The molecule has 0 amide bonds. The van der Waals surface area contributed by atoms with Gasteiger partial charge in [-0.2, -0.15) is 0 Å². The summed E-state index contributed by atoms with van der Waals surface area (Å²) in [7, 11) is 0. The zero-order valence-electron chi connectivity index (χ0n) is 9.11. The van der Waals surface area contributed by atoms with Crippen LogP contribution in [0.4, 0.5) is 5.69 Å². The maximum absolute atomic E-state index is 10.7. The number of nitro benzene ring substituents is 1. The van der Waals surface area contributed by atoms with Crippen LogP contribution < -0.4 is 5.73 Å². The van der Waals surface area contributed by atoms with Gasteiger partial charge in [-0.25, -0.2) is 0 Å². The molecule has 0 saturated heterocycles. The van der Waals surface area contributed by atoms with Crippen molar-refractivity contribution >= 4 is 21.6 Å². The van der Waals surface area contributed by atoms with Crippen LogP contribution in [0.3, 0.4) is 0 Å². The average Bonchev–Trinajstić information content (AvgIpc) is 2.64. The second kappa shape index (κ2) is 3.53. The zero-order valence-corrected chi connectivity index (χ0v) is 10.7. The number of nitrogens with two attached hydrogens (primary N) is 1. The lowest BCUT2D eigenvalue weighted by molar-refractivity contribution is -0.385. The van der Waals surface area contributed by atoms with Crippen LogP contribution in [0.25, 0.3) is 0 Å². The third-order valence-corrected chi connectivity index (χ3v) is 3.84. The normalized spacial score (nSPS) is 26.5. The maximum atomic E-state index is 10.7. The molecular weight excluding hydrogens is 272 g/mol. The van der Waals surface area contributed by atoms with Crippen molar-refractivity contribution in [1.29, 1.82) is 0 Å². The molecule has 0 aromatic heterocycles. The Morgan fingerprint density at radius 2 is 2.00 bits per heavy atom. The number of halogens is 1. The van der Waals surface area contributed by atoms with Gasteiger partial charge in [-0.3, -0.25) is 10.1 Å². The summed E-state index contributed by atoms with van der Waals surface area (Å²) < 4.78 is 0.728. The molecule has 1 fully saturated rings. The van der Waals surface area contributed by atoms with Crippen LogP contribution in [0.5, 0.6) is 0 Å². The van der Waals surface area contributed by atoms with Gasteiger partial charge in [0.05, 0.1) is 4.92 Å². The maximum Gasteiger partial charge on any atom is 0.270 e. The molecular formula is C11H13BrN2O2. The van der Waals surface area contributed by atoms with E-state index >= 15 is 0 Å². The van der Waals surface area contributed by atoms with Gasteiger partial charge in [0.2, 0.25) is 0 Å². The number of hydrogen-bond donors (Lipinski definition) is 1. The Bertz CT molecular complexity index is 459. The van der Waals surface area contributed by atoms with Crippen molar-refractivity contribution in [2.75, 3.05) is 0 Å². The Hall–Kier alpha value is -0.940. The van der Waals surface area contributed by atoms with Crippen molar-refractivity contribution < 1.29 is 4.92 Å². The molecule has 5 heteroatoms. The van der Waals surface area contributed by atoms with E-state index in [1.165, 1.54) is 6.07 Å². The minimum atomic E-state index is -0.380. The fraction of sp³-hybridized carbons (Fsp3) is 0.455. The van der Waals surface area contributed by atoms with Gasteiger partial charge >= 0.3 is 0 Å². The van der Waals surface area contributed by atoms with E-state index in [9.17, 15) is 10.1 Å². The fourth-order valence-corrected chi connectivity index (χ4v) is 2.69. The van der Waals surface area contributed by atoms with Gasteiger partial charge in [-0.15, -0.1) is 0 Å². The summed E-state index contributed by atoms with van der Waals surface area (Å²) in [5.74, 6) is 0.212. The SMILES string of the molecule is CC1(C)[C@@H](N)[C@@H]1c1cc(Br)cc([N+](=O)[O-])c1. The summed E-state index contributed by atoms with van der Waals surface area (Å²) in [6.45, 7) is 4.16. The van der Waals surface area contributed by atoms with Crippen LogP contribution in [0.1, 0.15) is 25.3 Å². The number of hydrogen-bond acceptors (Lipinski definition) is 3. The van der Waals surface area contributed by atoms with Gasteiger partial charge in [0.25, 0.3) is 5.69 Å². The second-order valence-electron chi connectivity index (χ2n) is 4.82. The van der Waals surface area contributed by atoms with Crippen LogP contribution in [-0.4, -0.2) is 11.0 Å². The summed E-state index contributed by atoms with van der Waals surface area (Å²) >= 11 is 3.29. The van der Waals surface area contributed by atoms with Crippen molar-refractivity contribution in [1.82, 2.24) is 0 Å². The molecule has 86 valence electrons. The topological polar surface area (TPSA) is 69.2 Å². The lowest BCUT2D eigenvalue weighted by Crippen LogP contribution is -2.06. The number of rotatable bonds is 2. The molecule has 1 saturated carbocycles. The highest BCUT2D eigenvalue weighted by molar-refractivity contribution is 9.10. The Labute approximate surface area is 102 Å². The van der Waals surface area contributed by atoms with Gasteiger partial charge in [-0.05, 0) is 17.0 Å². The third kappa shape index (κ3) is 1.74. The third-order valence-electron chi connectivity index (χ3n) is 3.39. The largest absolute Gasteiger partial charge is 0.327 e.